The van der Waals surface area contributed by atoms with Crippen LogP contribution in [0.3, 0.4) is 0 Å². The zero-order chi connectivity index (χ0) is 15.7. The summed E-state index contributed by atoms with van der Waals surface area (Å²) in [7, 11) is 1.76. The maximum atomic E-state index is 9.73. The molecular formula is C18H36O3. The normalized spacial score (nSPS) is 28.7. The molecule has 0 bridgehead atoms. The Morgan fingerprint density at radius 1 is 1.10 bits per heavy atom. The second-order valence-electron chi connectivity index (χ2n) is 7.21. The Labute approximate surface area is 131 Å². The summed E-state index contributed by atoms with van der Waals surface area (Å²) in [5.74, 6) is 0.110. The average Bonchev–Trinajstić information content (AvgIpc) is 2.46. The highest BCUT2D eigenvalue weighted by Crippen LogP contribution is 2.41. The zero-order valence-corrected chi connectivity index (χ0v) is 14.6. The first kappa shape index (κ1) is 18.9. The van der Waals surface area contributed by atoms with Crippen molar-refractivity contribution in [3.05, 3.63) is 0 Å². The van der Waals surface area contributed by atoms with Gasteiger partial charge in [0.05, 0.1) is 18.8 Å². The lowest BCUT2D eigenvalue weighted by molar-refractivity contribution is -0.143. The van der Waals surface area contributed by atoms with Gasteiger partial charge < -0.3 is 14.6 Å². The van der Waals surface area contributed by atoms with Crippen LogP contribution in [0.2, 0.25) is 0 Å². The van der Waals surface area contributed by atoms with Crippen molar-refractivity contribution in [3.63, 3.8) is 0 Å². The van der Waals surface area contributed by atoms with E-state index in [1.54, 1.807) is 7.11 Å². The van der Waals surface area contributed by atoms with Crippen molar-refractivity contribution in [2.24, 2.45) is 11.3 Å². The third-order valence-corrected chi connectivity index (χ3v) is 5.00. The number of ether oxygens (including phenoxy) is 2. The van der Waals surface area contributed by atoms with Crippen molar-refractivity contribution in [1.82, 2.24) is 0 Å². The molecule has 0 heterocycles. The second-order valence-corrected chi connectivity index (χ2v) is 7.21. The number of unbranched alkanes of at least 4 members (excludes halogenated alkanes) is 5. The van der Waals surface area contributed by atoms with E-state index in [9.17, 15) is 5.11 Å². The van der Waals surface area contributed by atoms with Gasteiger partial charge in [0, 0.05) is 19.6 Å². The van der Waals surface area contributed by atoms with Crippen LogP contribution < -0.4 is 0 Å². The highest BCUT2D eigenvalue weighted by Gasteiger charge is 2.44. The molecular weight excluding hydrogens is 264 g/mol. The second kappa shape index (κ2) is 9.81. The van der Waals surface area contributed by atoms with Crippen LogP contribution in [-0.2, 0) is 9.47 Å². The van der Waals surface area contributed by atoms with Crippen LogP contribution in [0.1, 0.15) is 72.1 Å². The van der Waals surface area contributed by atoms with Gasteiger partial charge >= 0.3 is 0 Å². The van der Waals surface area contributed by atoms with Crippen molar-refractivity contribution in [3.8, 4) is 0 Å². The molecule has 1 aliphatic carbocycles. The Hall–Kier alpha value is -0.120. The molecule has 3 heteroatoms. The molecule has 3 atom stereocenters. The molecule has 1 aliphatic rings. The molecule has 0 aromatic rings. The van der Waals surface area contributed by atoms with E-state index >= 15 is 0 Å². The van der Waals surface area contributed by atoms with Crippen LogP contribution in [0, 0.1) is 11.3 Å². The lowest BCUT2D eigenvalue weighted by Crippen LogP contribution is -2.50. The fraction of sp³-hybridized carbons (Fsp3) is 1.00. The van der Waals surface area contributed by atoms with Crippen molar-refractivity contribution >= 4 is 0 Å². The summed E-state index contributed by atoms with van der Waals surface area (Å²) in [5, 5.41) is 9.73. The lowest BCUT2D eigenvalue weighted by atomic mass is 9.68. The highest BCUT2D eigenvalue weighted by molar-refractivity contribution is 4.94. The predicted octanol–water partition coefficient (Wildman–Crippen LogP) is 4.18. The first-order valence-electron chi connectivity index (χ1n) is 8.82. The maximum Gasteiger partial charge on any atom is 0.0697 e. The molecule has 3 unspecified atom stereocenters. The van der Waals surface area contributed by atoms with Gasteiger partial charge in [-0.2, -0.15) is 0 Å². The van der Waals surface area contributed by atoms with E-state index < -0.39 is 0 Å². The number of hydrogen-bond donors (Lipinski definition) is 1. The van der Waals surface area contributed by atoms with Crippen molar-refractivity contribution in [2.75, 3.05) is 20.3 Å². The number of methoxy groups -OCH3 is 1. The Kier molecular flexibility index (Phi) is 8.84. The molecule has 21 heavy (non-hydrogen) atoms. The topological polar surface area (TPSA) is 38.7 Å². The summed E-state index contributed by atoms with van der Waals surface area (Å²) in [5.41, 5.74) is 0.127. The minimum atomic E-state index is 0.0887. The molecule has 0 amide bonds. The lowest BCUT2D eigenvalue weighted by Gasteiger charge is -2.46. The number of hydrogen-bond acceptors (Lipinski definition) is 3. The standard InChI is InChI=1S/C18H36O3/c1-5-6-7-8-9-10-13-21-16-11-12-18(2,3)17(20-4)15(16)14-19/h15-17,19H,5-14H2,1-4H3. The SMILES string of the molecule is CCCCCCCCOC1CCC(C)(C)C(OC)C1CO. The van der Waals surface area contributed by atoms with Crippen LogP contribution in [-0.4, -0.2) is 37.6 Å². The van der Waals surface area contributed by atoms with E-state index in [0.717, 1.165) is 25.9 Å². The summed E-state index contributed by atoms with van der Waals surface area (Å²) in [6.45, 7) is 7.68. The van der Waals surface area contributed by atoms with Gasteiger partial charge in [-0.25, -0.2) is 0 Å². The first-order chi connectivity index (χ1) is 10.1. The maximum absolute atomic E-state index is 9.73. The monoisotopic (exact) mass is 300 g/mol. The fourth-order valence-corrected chi connectivity index (χ4v) is 3.68. The van der Waals surface area contributed by atoms with Gasteiger partial charge in [0.15, 0.2) is 0 Å². The third kappa shape index (κ3) is 5.88. The van der Waals surface area contributed by atoms with Crippen molar-refractivity contribution in [1.29, 1.82) is 0 Å². The molecule has 0 aromatic heterocycles. The van der Waals surface area contributed by atoms with E-state index in [4.69, 9.17) is 9.47 Å². The predicted molar refractivity (Wildman–Crippen MR) is 87.5 cm³/mol. The molecule has 1 fully saturated rings. The summed E-state index contributed by atoms with van der Waals surface area (Å²) < 4.78 is 11.8. The highest BCUT2D eigenvalue weighted by atomic mass is 16.5. The quantitative estimate of drug-likeness (QED) is 0.615. The number of aliphatic hydroxyl groups is 1. The smallest absolute Gasteiger partial charge is 0.0697 e. The molecule has 1 rings (SSSR count). The minimum absolute atomic E-state index is 0.0887. The average molecular weight is 300 g/mol. The van der Waals surface area contributed by atoms with Gasteiger partial charge in [-0.3, -0.25) is 0 Å². The van der Waals surface area contributed by atoms with Crippen molar-refractivity contribution < 1.29 is 14.6 Å². The molecule has 126 valence electrons. The van der Waals surface area contributed by atoms with Crippen LogP contribution >= 0.6 is 0 Å². The summed E-state index contributed by atoms with van der Waals surface area (Å²) >= 11 is 0. The van der Waals surface area contributed by atoms with E-state index in [0.29, 0.717) is 0 Å². The van der Waals surface area contributed by atoms with E-state index in [-0.39, 0.29) is 30.1 Å². The van der Waals surface area contributed by atoms with Crippen LogP contribution in [0.15, 0.2) is 0 Å². The molecule has 0 saturated heterocycles. The molecule has 0 spiro atoms. The molecule has 0 radical (unpaired) electrons. The summed E-state index contributed by atoms with van der Waals surface area (Å²) in [4.78, 5) is 0. The third-order valence-electron chi connectivity index (χ3n) is 5.00. The van der Waals surface area contributed by atoms with E-state index in [1.807, 2.05) is 0 Å². The minimum Gasteiger partial charge on any atom is -0.396 e. The summed E-state index contributed by atoms with van der Waals surface area (Å²) in [6, 6.07) is 0. The largest absolute Gasteiger partial charge is 0.396 e. The molecule has 1 saturated carbocycles. The van der Waals surface area contributed by atoms with Gasteiger partial charge in [0.25, 0.3) is 0 Å². The van der Waals surface area contributed by atoms with Gasteiger partial charge in [-0.1, -0.05) is 52.9 Å². The van der Waals surface area contributed by atoms with E-state index in [1.165, 1.54) is 32.1 Å². The molecule has 0 aliphatic heterocycles. The summed E-state index contributed by atoms with van der Waals surface area (Å²) in [6.07, 6.45) is 10.1. The van der Waals surface area contributed by atoms with Gasteiger partial charge in [-0.05, 0) is 24.7 Å². The first-order valence-corrected chi connectivity index (χ1v) is 8.82. The van der Waals surface area contributed by atoms with Crippen LogP contribution in [0.4, 0.5) is 0 Å². The van der Waals surface area contributed by atoms with Gasteiger partial charge in [0.1, 0.15) is 0 Å². The van der Waals surface area contributed by atoms with Gasteiger partial charge in [-0.15, -0.1) is 0 Å². The fourth-order valence-electron chi connectivity index (χ4n) is 3.68. The molecule has 3 nitrogen and oxygen atoms in total. The zero-order valence-electron chi connectivity index (χ0n) is 14.6. The van der Waals surface area contributed by atoms with Crippen molar-refractivity contribution in [2.45, 2.75) is 84.3 Å². The van der Waals surface area contributed by atoms with Crippen LogP contribution in [0.5, 0.6) is 0 Å². The Morgan fingerprint density at radius 2 is 1.76 bits per heavy atom. The van der Waals surface area contributed by atoms with E-state index in [2.05, 4.69) is 20.8 Å². The Bertz CT molecular complexity index is 265. The molecule has 0 aromatic carbocycles. The number of rotatable bonds is 10. The number of aliphatic hydroxyl groups excluding tert-OH is 1. The Balaban J connectivity index is 2.30. The van der Waals surface area contributed by atoms with Gasteiger partial charge in [0.2, 0.25) is 0 Å². The van der Waals surface area contributed by atoms with Crippen LogP contribution in [0.25, 0.3) is 0 Å². The molecule has 1 N–H and O–H groups in total. The Morgan fingerprint density at radius 3 is 2.38 bits per heavy atom.